The van der Waals surface area contributed by atoms with Crippen molar-refractivity contribution < 1.29 is 17.9 Å². The molecule has 1 aliphatic rings. The number of carbonyl (C=O) groups excluding carboxylic acids is 1. The van der Waals surface area contributed by atoms with Crippen molar-refractivity contribution >= 4 is 38.1 Å². The Morgan fingerprint density at radius 1 is 1.13 bits per heavy atom. The fourth-order valence-electron chi connectivity index (χ4n) is 3.94. The maximum absolute atomic E-state index is 13.2. The molecule has 0 aliphatic carbocycles. The lowest BCUT2D eigenvalue weighted by atomic mass is 10.0. The van der Waals surface area contributed by atoms with Crippen LogP contribution in [0, 0.1) is 0 Å². The van der Waals surface area contributed by atoms with Gasteiger partial charge >= 0.3 is 0 Å². The number of carbonyl (C=O) groups is 1. The van der Waals surface area contributed by atoms with Gasteiger partial charge in [-0.15, -0.1) is 0 Å². The molecule has 3 aromatic carbocycles. The Morgan fingerprint density at radius 2 is 1.93 bits per heavy atom. The van der Waals surface area contributed by atoms with Crippen LogP contribution in [0.1, 0.15) is 29.3 Å². The van der Waals surface area contributed by atoms with Gasteiger partial charge in [0, 0.05) is 12.2 Å². The Hall–Kier alpha value is -3.06. The molecule has 0 unspecified atom stereocenters. The molecule has 3 aromatic rings. The number of nitrogens with zero attached hydrogens (tertiary/aromatic N) is 1. The first kappa shape index (κ1) is 20.2. The van der Waals surface area contributed by atoms with Crippen molar-refractivity contribution in [2.75, 3.05) is 29.0 Å². The Labute approximate surface area is 176 Å². The van der Waals surface area contributed by atoms with E-state index < -0.39 is 10.0 Å². The van der Waals surface area contributed by atoms with Gasteiger partial charge < -0.3 is 10.1 Å². The maximum atomic E-state index is 13.2. The lowest BCUT2D eigenvalue weighted by Gasteiger charge is -2.29. The van der Waals surface area contributed by atoms with E-state index in [1.807, 2.05) is 49.4 Å². The van der Waals surface area contributed by atoms with Gasteiger partial charge in [-0.25, -0.2) is 8.42 Å². The summed E-state index contributed by atoms with van der Waals surface area (Å²) in [4.78, 5) is 13.2. The summed E-state index contributed by atoms with van der Waals surface area (Å²) in [6, 6.07) is 16.8. The fourth-order valence-corrected chi connectivity index (χ4v) is 4.94. The summed E-state index contributed by atoms with van der Waals surface area (Å²) < 4.78 is 31.3. The minimum atomic E-state index is -3.32. The Balaban J connectivity index is 1.69. The number of hydrogen-bond acceptors (Lipinski definition) is 4. The quantitative estimate of drug-likeness (QED) is 0.666. The molecule has 30 heavy (non-hydrogen) atoms. The molecule has 0 spiro atoms. The predicted octanol–water partition coefficient (Wildman–Crippen LogP) is 4.20. The monoisotopic (exact) mass is 424 g/mol. The first-order valence-corrected chi connectivity index (χ1v) is 11.8. The van der Waals surface area contributed by atoms with Crippen LogP contribution >= 0.6 is 0 Å². The molecule has 1 amide bonds. The third-order valence-corrected chi connectivity index (χ3v) is 6.41. The molecule has 0 saturated carbocycles. The van der Waals surface area contributed by atoms with Crippen LogP contribution in [-0.2, 0) is 16.4 Å². The molecule has 0 aromatic heterocycles. The molecule has 0 radical (unpaired) electrons. The van der Waals surface area contributed by atoms with Gasteiger partial charge in [0.2, 0.25) is 10.0 Å². The molecular weight excluding hydrogens is 400 g/mol. The summed E-state index contributed by atoms with van der Waals surface area (Å²) in [5.41, 5.74) is 2.71. The van der Waals surface area contributed by atoms with E-state index in [9.17, 15) is 13.2 Å². The van der Waals surface area contributed by atoms with Gasteiger partial charge in [-0.1, -0.05) is 30.3 Å². The van der Waals surface area contributed by atoms with Crippen LogP contribution in [-0.4, -0.2) is 33.7 Å². The predicted molar refractivity (Wildman–Crippen MR) is 120 cm³/mol. The molecule has 1 heterocycles. The molecule has 6 nitrogen and oxygen atoms in total. The van der Waals surface area contributed by atoms with Crippen molar-refractivity contribution in [2.24, 2.45) is 0 Å². The second kappa shape index (κ2) is 7.99. The zero-order chi connectivity index (χ0) is 21.3. The molecule has 0 fully saturated rings. The number of sulfonamides is 1. The number of benzene rings is 3. The Kier molecular flexibility index (Phi) is 5.39. The normalized spacial score (nSPS) is 13.7. The van der Waals surface area contributed by atoms with Crippen molar-refractivity contribution in [3.05, 3.63) is 65.7 Å². The van der Waals surface area contributed by atoms with Crippen LogP contribution in [0.2, 0.25) is 0 Å². The Morgan fingerprint density at radius 3 is 2.70 bits per heavy atom. The summed E-state index contributed by atoms with van der Waals surface area (Å²) in [6.07, 6.45) is 2.73. The summed E-state index contributed by atoms with van der Waals surface area (Å²) in [7, 11) is -3.32. The third kappa shape index (κ3) is 3.85. The van der Waals surface area contributed by atoms with Crippen molar-refractivity contribution in [3.63, 3.8) is 0 Å². The average molecular weight is 425 g/mol. The number of fused-ring (bicyclic) bond motifs is 2. The second-order valence-corrected chi connectivity index (χ2v) is 9.24. The molecule has 0 bridgehead atoms. The number of hydrogen-bond donors (Lipinski definition) is 1. The molecule has 0 atom stereocenters. The van der Waals surface area contributed by atoms with Crippen molar-refractivity contribution in [1.29, 1.82) is 0 Å². The molecule has 4 rings (SSSR count). The second-order valence-electron chi connectivity index (χ2n) is 7.33. The molecule has 1 aliphatic heterocycles. The minimum Gasteiger partial charge on any atom is -0.493 e. The van der Waals surface area contributed by atoms with Crippen LogP contribution in [0.15, 0.2) is 54.6 Å². The molecule has 156 valence electrons. The van der Waals surface area contributed by atoms with Gasteiger partial charge in [0.1, 0.15) is 5.75 Å². The highest BCUT2D eigenvalue weighted by molar-refractivity contribution is 7.92. The lowest BCUT2D eigenvalue weighted by Crippen LogP contribution is -2.34. The fraction of sp³-hybridized carbons (Fsp3) is 0.261. The van der Waals surface area contributed by atoms with Crippen molar-refractivity contribution in [2.45, 2.75) is 19.8 Å². The standard InChI is InChI=1S/C23H24N2O4S/c1-3-29-21-13-10-16-7-4-5-9-19(16)22(21)23(26)24-18-11-12-20-17(15-18)8-6-14-25(20)30(2,27)28/h4-5,7,9-13,15H,3,6,8,14H2,1-2H3,(H,24,26). The Bertz CT molecular complexity index is 1220. The van der Waals surface area contributed by atoms with Gasteiger partial charge in [0.05, 0.1) is 24.1 Å². The smallest absolute Gasteiger partial charge is 0.260 e. The SMILES string of the molecule is CCOc1ccc2ccccc2c1C(=O)Nc1ccc2c(c1)CCCN2S(C)(=O)=O. The van der Waals surface area contributed by atoms with E-state index in [1.165, 1.54) is 10.6 Å². The van der Waals surface area contributed by atoms with E-state index in [2.05, 4.69) is 5.32 Å². The summed E-state index contributed by atoms with van der Waals surface area (Å²) in [6.45, 7) is 2.82. The molecular formula is C23H24N2O4S. The van der Waals surface area contributed by atoms with Gasteiger partial charge in [-0.3, -0.25) is 9.10 Å². The highest BCUT2D eigenvalue weighted by atomic mass is 32.2. The average Bonchev–Trinajstić information content (AvgIpc) is 2.72. The van der Waals surface area contributed by atoms with E-state index in [4.69, 9.17) is 4.74 Å². The molecule has 1 N–H and O–H groups in total. The minimum absolute atomic E-state index is 0.258. The zero-order valence-corrected chi connectivity index (χ0v) is 17.8. The van der Waals surface area contributed by atoms with E-state index in [0.29, 0.717) is 35.8 Å². The summed E-state index contributed by atoms with van der Waals surface area (Å²) >= 11 is 0. The van der Waals surface area contributed by atoms with Crippen LogP contribution < -0.4 is 14.4 Å². The first-order chi connectivity index (χ1) is 14.4. The van der Waals surface area contributed by atoms with Gasteiger partial charge in [-0.05, 0) is 60.4 Å². The largest absolute Gasteiger partial charge is 0.493 e. The highest BCUT2D eigenvalue weighted by Gasteiger charge is 2.24. The summed E-state index contributed by atoms with van der Waals surface area (Å²) in [5.74, 6) is 0.279. The number of rotatable bonds is 5. The molecule has 7 heteroatoms. The lowest BCUT2D eigenvalue weighted by molar-refractivity contribution is 0.102. The third-order valence-electron chi connectivity index (χ3n) is 5.23. The topological polar surface area (TPSA) is 75.7 Å². The zero-order valence-electron chi connectivity index (χ0n) is 17.0. The van der Waals surface area contributed by atoms with Crippen molar-refractivity contribution in [1.82, 2.24) is 0 Å². The van der Waals surface area contributed by atoms with Crippen molar-refractivity contribution in [3.8, 4) is 5.75 Å². The number of ether oxygens (including phenoxy) is 1. The van der Waals surface area contributed by atoms with Gasteiger partial charge in [0.15, 0.2) is 0 Å². The number of amides is 1. The van der Waals surface area contributed by atoms with Crippen LogP contribution in [0.5, 0.6) is 5.75 Å². The maximum Gasteiger partial charge on any atom is 0.260 e. The molecule has 0 saturated heterocycles. The van der Waals surface area contributed by atoms with Crippen LogP contribution in [0.25, 0.3) is 10.8 Å². The highest BCUT2D eigenvalue weighted by Crippen LogP contribution is 2.33. The van der Waals surface area contributed by atoms with E-state index in [-0.39, 0.29) is 5.91 Å². The number of nitrogens with one attached hydrogen (secondary N) is 1. The number of anilines is 2. The van der Waals surface area contributed by atoms with Gasteiger partial charge in [0.25, 0.3) is 5.91 Å². The first-order valence-electron chi connectivity index (χ1n) is 9.95. The van der Waals surface area contributed by atoms with E-state index in [1.54, 1.807) is 12.1 Å². The van der Waals surface area contributed by atoms with Gasteiger partial charge in [-0.2, -0.15) is 0 Å². The van der Waals surface area contributed by atoms with E-state index >= 15 is 0 Å². The number of aryl methyl sites for hydroxylation is 1. The van der Waals surface area contributed by atoms with Crippen LogP contribution in [0.4, 0.5) is 11.4 Å². The summed E-state index contributed by atoms with van der Waals surface area (Å²) in [5, 5.41) is 4.75. The van der Waals surface area contributed by atoms with Crippen LogP contribution in [0.3, 0.4) is 0 Å². The van der Waals surface area contributed by atoms with E-state index in [0.717, 1.165) is 29.2 Å².